The van der Waals surface area contributed by atoms with Gasteiger partial charge in [0.1, 0.15) is 0 Å². The van der Waals surface area contributed by atoms with Crippen molar-refractivity contribution >= 4 is 29.3 Å². The smallest absolute Gasteiger partial charge is 0.251 e. The van der Waals surface area contributed by atoms with Crippen LogP contribution in [-0.2, 0) is 4.79 Å². The number of amides is 1. The van der Waals surface area contributed by atoms with Crippen LogP contribution < -0.4 is 5.32 Å². The molecule has 0 radical (unpaired) electrons. The first kappa shape index (κ1) is 13.4. The Morgan fingerprint density at radius 3 is 2.32 bits per heavy atom. The van der Waals surface area contributed by atoms with Gasteiger partial charge in [0.2, 0.25) is 0 Å². The zero-order chi connectivity index (χ0) is 13.7. The van der Waals surface area contributed by atoms with Crippen LogP contribution >= 0.6 is 11.6 Å². The molecule has 0 saturated carbocycles. The second kappa shape index (κ2) is 6.21. The van der Waals surface area contributed by atoms with Gasteiger partial charge in [-0.3, -0.25) is 4.79 Å². The van der Waals surface area contributed by atoms with Crippen LogP contribution in [0.25, 0.3) is 6.08 Å². The summed E-state index contributed by atoms with van der Waals surface area (Å²) in [6, 6.07) is 16.7. The van der Waals surface area contributed by atoms with E-state index >= 15 is 0 Å². The van der Waals surface area contributed by atoms with E-state index in [-0.39, 0.29) is 5.91 Å². The molecule has 2 aromatic carbocycles. The summed E-state index contributed by atoms with van der Waals surface area (Å²) in [6.07, 6.45) is 1.83. The minimum atomic E-state index is -0.110. The van der Waals surface area contributed by atoms with Gasteiger partial charge < -0.3 is 5.32 Å². The van der Waals surface area contributed by atoms with E-state index < -0.39 is 0 Å². The molecule has 0 spiro atoms. The van der Waals surface area contributed by atoms with E-state index in [0.29, 0.717) is 10.6 Å². The molecule has 0 aliphatic heterocycles. The van der Waals surface area contributed by atoms with Gasteiger partial charge in [0, 0.05) is 16.3 Å². The van der Waals surface area contributed by atoms with Crippen LogP contribution in [0.5, 0.6) is 0 Å². The standard InChI is InChI=1S/C16H14ClNO/c1-12(11-13-7-9-14(17)10-8-13)16(19)18-15-5-3-2-4-6-15/h2-11H,1H3,(H,18,19)/b12-11+. The van der Waals surface area contributed by atoms with Crippen molar-refractivity contribution in [2.75, 3.05) is 5.32 Å². The van der Waals surface area contributed by atoms with E-state index in [2.05, 4.69) is 5.32 Å². The SMILES string of the molecule is C/C(=C\c1ccc(Cl)cc1)C(=O)Nc1ccccc1. The average Bonchev–Trinajstić information content (AvgIpc) is 2.42. The minimum Gasteiger partial charge on any atom is -0.322 e. The van der Waals surface area contributed by atoms with Crippen LogP contribution in [-0.4, -0.2) is 5.91 Å². The molecule has 0 unspecified atom stereocenters. The van der Waals surface area contributed by atoms with Gasteiger partial charge in [0.25, 0.3) is 5.91 Å². The van der Waals surface area contributed by atoms with Crippen molar-refractivity contribution in [3.8, 4) is 0 Å². The highest BCUT2D eigenvalue weighted by Crippen LogP contribution is 2.13. The van der Waals surface area contributed by atoms with Crippen molar-refractivity contribution in [2.45, 2.75) is 6.92 Å². The summed E-state index contributed by atoms with van der Waals surface area (Å²) in [5, 5.41) is 3.52. The number of carbonyl (C=O) groups is 1. The number of para-hydroxylation sites is 1. The molecule has 0 fully saturated rings. The number of hydrogen-bond acceptors (Lipinski definition) is 1. The fourth-order valence-electron chi connectivity index (χ4n) is 1.63. The van der Waals surface area contributed by atoms with E-state index in [0.717, 1.165) is 11.3 Å². The molecule has 0 aromatic heterocycles. The summed E-state index contributed by atoms with van der Waals surface area (Å²) >= 11 is 5.82. The van der Waals surface area contributed by atoms with Crippen LogP contribution in [0.1, 0.15) is 12.5 Å². The van der Waals surface area contributed by atoms with Gasteiger partial charge in [0.15, 0.2) is 0 Å². The molecular formula is C16H14ClNO. The Morgan fingerprint density at radius 1 is 1.05 bits per heavy atom. The quantitative estimate of drug-likeness (QED) is 0.825. The molecule has 2 rings (SSSR count). The second-order valence-electron chi connectivity index (χ2n) is 4.20. The van der Waals surface area contributed by atoms with Crippen molar-refractivity contribution in [2.24, 2.45) is 0 Å². The van der Waals surface area contributed by atoms with E-state index in [1.165, 1.54) is 0 Å². The van der Waals surface area contributed by atoms with Gasteiger partial charge in [0.05, 0.1) is 0 Å². The lowest BCUT2D eigenvalue weighted by molar-refractivity contribution is -0.112. The van der Waals surface area contributed by atoms with Crippen LogP contribution in [0.3, 0.4) is 0 Å². The Hall–Kier alpha value is -2.06. The minimum absolute atomic E-state index is 0.110. The molecule has 0 atom stereocenters. The molecule has 19 heavy (non-hydrogen) atoms. The number of halogens is 1. The lowest BCUT2D eigenvalue weighted by Gasteiger charge is -2.05. The highest BCUT2D eigenvalue weighted by Gasteiger charge is 2.04. The van der Waals surface area contributed by atoms with Crippen LogP contribution in [0.15, 0.2) is 60.2 Å². The first-order valence-electron chi connectivity index (χ1n) is 5.95. The lowest BCUT2D eigenvalue weighted by Crippen LogP contribution is -2.12. The summed E-state index contributed by atoms with van der Waals surface area (Å²) in [6.45, 7) is 1.78. The molecule has 3 heteroatoms. The number of benzene rings is 2. The third kappa shape index (κ3) is 3.97. The Bertz CT molecular complexity index is 588. The number of carbonyl (C=O) groups excluding carboxylic acids is 1. The zero-order valence-electron chi connectivity index (χ0n) is 10.6. The number of nitrogens with one attached hydrogen (secondary N) is 1. The molecule has 1 amide bonds. The molecule has 0 bridgehead atoms. The molecule has 0 heterocycles. The molecule has 2 nitrogen and oxygen atoms in total. The van der Waals surface area contributed by atoms with Gasteiger partial charge in [-0.15, -0.1) is 0 Å². The van der Waals surface area contributed by atoms with Crippen molar-refractivity contribution in [1.82, 2.24) is 0 Å². The molecule has 96 valence electrons. The zero-order valence-corrected chi connectivity index (χ0v) is 11.3. The summed E-state index contributed by atoms with van der Waals surface area (Å²) in [7, 11) is 0. The topological polar surface area (TPSA) is 29.1 Å². The van der Waals surface area contributed by atoms with Crippen molar-refractivity contribution in [3.63, 3.8) is 0 Å². The Kier molecular flexibility index (Phi) is 4.37. The maximum Gasteiger partial charge on any atom is 0.251 e. The third-order valence-corrected chi connectivity index (χ3v) is 2.89. The maximum atomic E-state index is 12.0. The molecule has 1 N–H and O–H groups in total. The first-order chi connectivity index (χ1) is 9.15. The van der Waals surface area contributed by atoms with E-state index in [4.69, 9.17) is 11.6 Å². The number of hydrogen-bond donors (Lipinski definition) is 1. The monoisotopic (exact) mass is 271 g/mol. The second-order valence-corrected chi connectivity index (χ2v) is 4.64. The fourth-order valence-corrected chi connectivity index (χ4v) is 1.75. The Morgan fingerprint density at radius 2 is 1.68 bits per heavy atom. The number of anilines is 1. The normalized spacial score (nSPS) is 11.2. The Labute approximate surface area is 117 Å². The summed E-state index contributed by atoms with van der Waals surface area (Å²) in [4.78, 5) is 12.0. The average molecular weight is 272 g/mol. The first-order valence-corrected chi connectivity index (χ1v) is 6.33. The van der Waals surface area contributed by atoms with Gasteiger partial charge in [-0.2, -0.15) is 0 Å². The fraction of sp³-hybridized carbons (Fsp3) is 0.0625. The van der Waals surface area contributed by atoms with E-state index in [1.54, 1.807) is 19.1 Å². The predicted octanol–water partition coefficient (Wildman–Crippen LogP) is 4.38. The van der Waals surface area contributed by atoms with E-state index in [1.807, 2.05) is 48.5 Å². The summed E-state index contributed by atoms with van der Waals surface area (Å²) < 4.78 is 0. The van der Waals surface area contributed by atoms with Crippen molar-refractivity contribution < 1.29 is 4.79 Å². The third-order valence-electron chi connectivity index (χ3n) is 2.64. The van der Waals surface area contributed by atoms with Gasteiger partial charge in [-0.1, -0.05) is 41.9 Å². The molecule has 0 aliphatic carbocycles. The van der Waals surface area contributed by atoms with Crippen molar-refractivity contribution in [3.05, 3.63) is 70.8 Å². The van der Waals surface area contributed by atoms with Crippen LogP contribution in [0.2, 0.25) is 5.02 Å². The molecule has 2 aromatic rings. The van der Waals surface area contributed by atoms with Gasteiger partial charge >= 0.3 is 0 Å². The van der Waals surface area contributed by atoms with Crippen LogP contribution in [0.4, 0.5) is 5.69 Å². The molecule has 0 aliphatic rings. The maximum absolute atomic E-state index is 12.0. The highest BCUT2D eigenvalue weighted by atomic mass is 35.5. The summed E-state index contributed by atoms with van der Waals surface area (Å²) in [5.74, 6) is -0.110. The van der Waals surface area contributed by atoms with Crippen LogP contribution in [0, 0.1) is 0 Å². The predicted molar refractivity (Wildman–Crippen MR) is 80.2 cm³/mol. The van der Waals surface area contributed by atoms with Gasteiger partial charge in [-0.05, 0) is 42.8 Å². The van der Waals surface area contributed by atoms with Gasteiger partial charge in [-0.25, -0.2) is 0 Å². The highest BCUT2D eigenvalue weighted by molar-refractivity contribution is 6.30. The molecule has 0 saturated heterocycles. The summed E-state index contributed by atoms with van der Waals surface area (Å²) in [5.41, 5.74) is 2.38. The van der Waals surface area contributed by atoms with Crippen molar-refractivity contribution in [1.29, 1.82) is 0 Å². The van der Waals surface area contributed by atoms with E-state index in [9.17, 15) is 4.79 Å². The number of rotatable bonds is 3. The lowest BCUT2D eigenvalue weighted by atomic mass is 10.1. The largest absolute Gasteiger partial charge is 0.322 e. The Balaban J connectivity index is 2.08. The molecular weight excluding hydrogens is 258 g/mol.